The number of halogens is 2. The van der Waals surface area contributed by atoms with Gasteiger partial charge in [-0.25, -0.2) is 53.6 Å². The van der Waals surface area contributed by atoms with Gasteiger partial charge in [-0.2, -0.15) is 17.2 Å². The average Bonchev–Trinajstić information content (AvgIpc) is 1.67. The van der Waals surface area contributed by atoms with Crippen LogP contribution < -0.4 is 23.7 Å². The van der Waals surface area contributed by atoms with Crippen molar-refractivity contribution in [1.29, 1.82) is 0 Å². The van der Waals surface area contributed by atoms with Crippen LogP contribution in [0.3, 0.4) is 0 Å². The van der Waals surface area contributed by atoms with Crippen molar-refractivity contribution in [2.75, 3.05) is 52.4 Å². The number of pyridine rings is 4. The highest BCUT2D eigenvalue weighted by molar-refractivity contribution is 9.10. The van der Waals surface area contributed by atoms with Gasteiger partial charge in [0.05, 0.1) is 55.6 Å². The summed E-state index contributed by atoms with van der Waals surface area (Å²) in [4.78, 5) is 37.4. The van der Waals surface area contributed by atoms with Crippen molar-refractivity contribution in [2.45, 2.75) is 204 Å². The van der Waals surface area contributed by atoms with Crippen LogP contribution in [0.4, 0.5) is 0 Å². The quantitative estimate of drug-likeness (QED) is 0.0295. The number of nitrogens with zero attached hydrogens (tertiary/aromatic N) is 9. The minimum absolute atomic E-state index is 0. The van der Waals surface area contributed by atoms with Gasteiger partial charge in [-0.1, -0.05) is 52.6 Å². The Kier molecular flexibility index (Phi) is 33.6. The average molecular weight is 1940 g/mol. The Morgan fingerprint density at radius 1 is 0.394 bits per heavy atom. The zero-order valence-electron chi connectivity index (χ0n) is 69.8. The van der Waals surface area contributed by atoms with E-state index < -0.39 is 40.1 Å². The minimum Gasteiger partial charge on any atom is -0.491 e. The molecular formula is C95H119Br2N12O14S4+. The van der Waals surface area contributed by atoms with Gasteiger partial charge in [0.25, 0.3) is 5.91 Å². The number of sulfonamides is 4. The van der Waals surface area contributed by atoms with E-state index in [0.29, 0.717) is 136 Å². The van der Waals surface area contributed by atoms with Crippen molar-refractivity contribution in [3.63, 3.8) is 0 Å². The zero-order valence-corrected chi connectivity index (χ0v) is 76.2. The Morgan fingerprint density at radius 3 is 1.11 bits per heavy atom. The molecule has 0 unspecified atom stereocenters. The summed E-state index contributed by atoms with van der Waals surface area (Å²) in [6.45, 7) is 19.3. The fourth-order valence-corrected chi connectivity index (χ4v) is 23.0. The molecule has 13 aromatic rings. The maximum atomic E-state index is 13.3. The number of hydrogen-bond acceptors (Lipinski definition) is 17. The number of hydrogen-bond donors (Lipinski definition) is 4. The Morgan fingerprint density at radius 2 is 0.724 bits per heavy atom. The van der Waals surface area contributed by atoms with Crippen molar-refractivity contribution < 1.29 is 67.4 Å². The molecular weight excluding hydrogens is 1820 g/mol. The molecule has 4 fully saturated rings. The SMILES string of the molecule is C.C.C.C.CC(C)Oc1ccc(S(=O)(=O)N2CCC(c3c[nH]c4c3ccc[n+]4O)CC2)cc1.CC(C)Oc1ccc(S(=O)(=O)N2CCC(c3c[nH]c4nc(Br)ccc34)CC2)cc1.CC(C)Oc1ccc(S(=O)(=O)N2CCC(c3c[nH]c4ncccc34)CC2)cc1.CC(C)Oc1ccc(S(=O)(=O)N2CCC(c3cn(C(=O)c4ccccc4)c4nc(Br)ccc34)CC2)cc1. The highest BCUT2D eigenvalue weighted by Gasteiger charge is 2.37. The molecule has 0 bridgehead atoms. The van der Waals surface area contributed by atoms with Gasteiger partial charge in [0.1, 0.15) is 55.3 Å². The molecule has 0 saturated carbocycles. The first-order chi connectivity index (χ1) is 58.9. The molecule has 5 aromatic carbocycles. The topological polar surface area (TPSA) is 319 Å². The van der Waals surface area contributed by atoms with Gasteiger partial charge < -0.3 is 34.1 Å². The molecule has 17 rings (SSSR count). The van der Waals surface area contributed by atoms with Gasteiger partial charge in [-0.15, -0.1) is 0 Å². The van der Waals surface area contributed by atoms with Crippen molar-refractivity contribution >= 4 is 122 Å². The van der Waals surface area contributed by atoms with Crippen LogP contribution in [0, 0.1) is 0 Å². The number of rotatable bonds is 21. The number of aromatic amines is 3. The summed E-state index contributed by atoms with van der Waals surface area (Å²) in [6, 6.07) is 51.4. The van der Waals surface area contributed by atoms with E-state index in [0.717, 1.165) is 91.8 Å². The third-order valence-corrected chi connectivity index (χ3v) is 31.0. The summed E-state index contributed by atoms with van der Waals surface area (Å²) in [5, 5.41) is 14.0. The zero-order chi connectivity index (χ0) is 87.1. The number of piperidine rings is 4. The fourth-order valence-electron chi connectivity index (χ4n) is 16.5. The van der Waals surface area contributed by atoms with Gasteiger partial charge in [-0.05, 0) is 337 Å². The molecule has 4 saturated heterocycles. The van der Waals surface area contributed by atoms with E-state index in [4.69, 9.17) is 18.9 Å². The highest BCUT2D eigenvalue weighted by Crippen LogP contribution is 2.41. The molecule has 0 atom stereocenters. The molecule has 32 heteroatoms. The predicted octanol–water partition coefficient (Wildman–Crippen LogP) is 20.0. The second-order valence-corrected chi connectivity index (χ2v) is 41.5. The van der Waals surface area contributed by atoms with Crippen LogP contribution in [0.25, 0.3) is 44.1 Å². The number of fused-ring (bicyclic) bond motifs is 4. The van der Waals surface area contributed by atoms with Crippen molar-refractivity contribution in [3.05, 3.63) is 250 Å². The monoisotopic (exact) mass is 1940 g/mol. The summed E-state index contributed by atoms with van der Waals surface area (Å²) in [6.07, 6.45) is 17.3. The lowest BCUT2D eigenvalue weighted by molar-refractivity contribution is -0.885. The van der Waals surface area contributed by atoms with E-state index in [9.17, 15) is 43.7 Å². The van der Waals surface area contributed by atoms with Crippen LogP contribution in [-0.2, 0) is 40.1 Å². The molecule has 0 amide bonds. The standard InChI is InChI=1S/C28H28BrN3O4S.C21H24BrN3O3S.C21H25N3O4S.C21H25N3O3S.4CH4/c1-19(2)36-22-8-10-23(11-9-22)37(34,35)31-16-14-20(15-17-31)25-18-32(27-24(25)12-13-26(29)30-27)28(33)21-6-4-3-5-7-21;1-14(2)28-16-3-5-17(6-4-16)29(26,27)25-11-9-15(10-12-25)19-13-23-21-18(19)7-8-20(22)24-21;1-15(2)28-17-5-7-18(8-6-17)29(26,27)23-12-9-16(10-13-23)20-14-22-21-19(20)4-3-11-24(21)25;1-15(2)27-17-5-7-18(8-6-17)28(25,26)24-12-9-16(10-13-24)20-14-23-21-19(20)4-3-11-22-21;;;;/h3-13,18-20H,14-17H2,1-2H3;3-8,13-15H,9-12H2,1-2H3,(H,23,24);3-8,11,14-16,25H,9-10,12-13H2,1-2H3;3-8,11,14-16H,9-10,12-13H2,1-2H3,(H,22,23);4*1H4/p+1. The first kappa shape index (κ1) is 99.3. The number of nitrogens with one attached hydrogen (secondary N) is 3. The Labute approximate surface area is 764 Å². The van der Waals surface area contributed by atoms with E-state index in [2.05, 4.69) is 73.9 Å². The summed E-state index contributed by atoms with van der Waals surface area (Å²) < 4.78 is 137. The maximum Gasteiger partial charge on any atom is 0.326 e. The van der Waals surface area contributed by atoms with Crippen molar-refractivity contribution in [3.8, 4) is 23.0 Å². The van der Waals surface area contributed by atoms with Gasteiger partial charge in [0, 0.05) is 104 Å². The van der Waals surface area contributed by atoms with E-state index in [1.165, 1.54) is 11.1 Å². The van der Waals surface area contributed by atoms with Crippen molar-refractivity contribution in [2.24, 2.45) is 0 Å². The number of benzene rings is 5. The summed E-state index contributed by atoms with van der Waals surface area (Å²) in [7, 11) is -14.1. The van der Waals surface area contributed by atoms with Crippen molar-refractivity contribution in [1.82, 2.24) is 51.7 Å². The van der Waals surface area contributed by atoms with Crippen LogP contribution in [0.2, 0.25) is 0 Å². The van der Waals surface area contributed by atoms with Gasteiger partial charge >= 0.3 is 5.65 Å². The number of carbonyl (C=O) groups is 1. The normalized spacial score (nSPS) is 15.7. The van der Waals surface area contributed by atoms with Crippen LogP contribution in [-0.4, -0.2) is 173 Å². The van der Waals surface area contributed by atoms with Crippen LogP contribution in [0.5, 0.6) is 23.0 Å². The molecule has 12 heterocycles. The molecule has 680 valence electrons. The molecule has 4 N–H and O–H groups in total. The molecule has 4 aliphatic heterocycles. The molecule has 0 radical (unpaired) electrons. The summed E-state index contributed by atoms with van der Waals surface area (Å²) in [5.41, 5.74) is 8.16. The number of H-pyrrole nitrogens is 3. The third kappa shape index (κ3) is 23.1. The maximum absolute atomic E-state index is 13.3. The van der Waals surface area contributed by atoms with E-state index in [1.807, 2.05) is 129 Å². The fraction of sp³-hybridized carbons (Fsp3) is 0.379. The Bertz CT molecular complexity index is 6310. The Balaban J connectivity index is 0.000000176. The molecule has 4 aliphatic rings. The molecule has 127 heavy (non-hydrogen) atoms. The highest BCUT2D eigenvalue weighted by atomic mass is 79.9. The van der Waals surface area contributed by atoms with Crippen LogP contribution in [0.15, 0.2) is 242 Å². The molecule has 8 aromatic heterocycles. The van der Waals surface area contributed by atoms with E-state index >= 15 is 0 Å². The first-order valence-electron chi connectivity index (χ1n) is 41.5. The number of carbonyl (C=O) groups excluding carboxylic acids is 1. The summed E-state index contributed by atoms with van der Waals surface area (Å²) in [5.74, 6) is 3.55. The lowest BCUT2D eigenvalue weighted by atomic mass is 9.90. The van der Waals surface area contributed by atoms with Gasteiger partial charge in [0.2, 0.25) is 40.1 Å². The number of aromatic nitrogens is 8. The lowest BCUT2D eigenvalue weighted by Gasteiger charge is -2.31. The smallest absolute Gasteiger partial charge is 0.326 e. The predicted molar refractivity (Wildman–Crippen MR) is 508 cm³/mol. The lowest BCUT2D eigenvalue weighted by Crippen LogP contribution is -2.37. The van der Waals surface area contributed by atoms with Gasteiger partial charge in [-0.3, -0.25) is 9.36 Å². The second-order valence-electron chi connectivity index (χ2n) is 32.2. The van der Waals surface area contributed by atoms with E-state index in [1.54, 1.807) is 149 Å². The number of ether oxygens (including phenoxy) is 4. The first-order valence-corrected chi connectivity index (χ1v) is 48.8. The third-order valence-electron chi connectivity index (χ3n) is 22.5. The summed E-state index contributed by atoms with van der Waals surface area (Å²) >= 11 is 6.82. The molecule has 0 aliphatic carbocycles. The minimum atomic E-state index is -3.61. The second kappa shape index (κ2) is 43.0. The van der Waals surface area contributed by atoms with Crippen LogP contribution in [0.1, 0.15) is 193 Å². The molecule has 26 nitrogen and oxygen atoms in total. The van der Waals surface area contributed by atoms with E-state index in [-0.39, 0.29) is 76.8 Å². The Hall–Kier alpha value is -9.87. The van der Waals surface area contributed by atoms with Crippen LogP contribution >= 0.6 is 31.9 Å². The van der Waals surface area contributed by atoms with Gasteiger partial charge in [0.15, 0.2) is 0 Å². The largest absolute Gasteiger partial charge is 0.491 e. The molecule has 0 spiro atoms.